The zero-order valence-corrected chi connectivity index (χ0v) is 7.71. The molecule has 0 aromatic heterocycles. The number of halogens is 2. The van der Waals surface area contributed by atoms with Crippen molar-refractivity contribution >= 4 is 11.7 Å². The summed E-state index contributed by atoms with van der Waals surface area (Å²) in [5, 5.41) is 11.1. The lowest BCUT2D eigenvalue weighted by atomic mass is 10.2. The molecule has 6 heteroatoms. The third-order valence-corrected chi connectivity index (χ3v) is 1.79. The molecule has 1 aromatic carbocycles. The van der Waals surface area contributed by atoms with E-state index in [2.05, 4.69) is 5.32 Å². The van der Waals surface area contributed by atoms with Gasteiger partial charge >= 0.3 is 5.97 Å². The molecule has 4 N–H and O–H groups in total. The molecule has 0 saturated carbocycles. The van der Waals surface area contributed by atoms with Crippen molar-refractivity contribution in [3.8, 4) is 0 Å². The predicted octanol–water partition coefficient (Wildman–Crippen LogP) is 0.789. The zero-order valence-electron chi connectivity index (χ0n) is 7.71. The van der Waals surface area contributed by atoms with Crippen molar-refractivity contribution in [1.82, 2.24) is 0 Å². The van der Waals surface area contributed by atoms with Gasteiger partial charge in [0.15, 0.2) is 11.6 Å². The number of hydrogen-bond donors (Lipinski definition) is 3. The van der Waals surface area contributed by atoms with Crippen LogP contribution < -0.4 is 11.1 Å². The van der Waals surface area contributed by atoms with Gasteiger partial charge in [-0.1, -0.05) is 0 Å². The standard InChI is InChI=1S/C9H10F2N2O2/c10-6-2-1-5(3-7(6)11)13-8(4-12)9(14)15/h1-3,8,13H,4,12H2,(H,14,15). The average molecular weight is 216 g/mol. The second-order valence-corrected chi connectivity index (χ2v) is 2.90. The van der Waals surface area contributed by atoms with E-state index >= 15 is 0 Å². The quantitative estimate of drug-likeness (QED) is 0.695. The predicted molar refractivity (Wildman–Crippen MR) is 50.5 cm³/mol. The molecule has 1 unspecified atom stereocenters. The fraction of sp³-hybridized carbons (Fsp3) is 0.222. The third kappa shape index (κ3) is 2.88. The Kier molecular flexibility index (Phi) is 3.56. The van der Waals surface area contributed by atoms with Gasteiger partial charge in [0.05, 0.1) is 0 Å². The number of anilines is 1. The van der Waals surface area contributed by atoms with Gasteiger partial charge in [-0.2, -0.15) is 0 Å². The van der Waals surface area contributed by atoms with Crippen LogP contribution in [0, 0.1) is 11.6 Å². The first-order valence-corrected chi connectivity index (χ1v) is 4.19. The number of carboxylic acids is 1. The van der Waals surface area contributed by atoms with Gasteiger partial charge in [0.25, 0.3) is 0 Å². The molecule has 0 spiro atoms. The minimum Gasteiger partial charge on any atom is -0.480 e. The van der Waals surface area contributed by atoms with Crippen LogP contribution in [-0.4, -0.2) is 23.7 Å². The monoisotopic (exact) mass is 216 g/mol. The number of benzene rings is 1. The Morgan fingerprint density at radius 1 is 1.47 bits per heavy atom. The molecule has 0 radical (unpaired) electrons. The lowest BCUT2D eigenvalue weighted by Crippen LogP contribution is -2.36. The number of hydrogen-bond acceptors (Lipinski definition) is 3. The fourth-order valence-electron chi connectivity index (χ4n) is 1.01. The molecule has 1 aromatic rings. The molecule has 4 nitrogen and oxygen atoms in total. The molecule has 0 heterocycles. The maximum absolute atomic E-state index is 12.7. The third-order valence-electron chi connectivity index (χ3n) is 1.79. The molecule has 0 saturated heterocycles. The molecule has 1 rings (SSSR count). The Hall–Kier alpha value is -1.69. The zero-order chi connectivity index (χ0) is 11.4. The second kappa shape index (κ2) is 4.70. The van der Waals surface area contributed by atoms with Gasteiger partial charge in [0, 0.05) is 18.3 Å². The molecule has 1 atom stereocenters. The molecule has 0 amide bonds. The highest BCUT2D eigenvalue weighted by molar-refractivity contribution is 5.77. The highest BCUT2D eigenvalue weighted by Crippen LogP contribution is 2.13. The molecule has 0 aliphatic rings. The Bertz CT molecular complexity index is 371. The van der Waals surface area contributed by atoms with Gasteiger partial charge in [-0.25, -0.2) is 13.6 Å². The van der Waals surface area contributed by atoms with Gasteiger partial charge < -0.3 is 16.2 Å². The second-order valence-electron chi connectivity index (χ2n) is 2.90. The van der Waals surface area contributed by atoms with Gasteiger partial charge in [0.2, 0.25) is 0 Å². The van der Waals surface area contributed by atoms with Crippen LogP contribution in [0.2, 0.25) is 0 Å². The molecule has 0 aliphatic heterocycles. The van der Waals surface area contributed by atoms with E-state index in [-0.39, 0.29) is 12.2 Å². The SMILES string of the molecule is NCC(Nc1ccc(F)c(F)c1)C(=O)O. The largest absolute Gasteiger partial charge is 0.480 e. The Balaban J connectivity index is 2.80. The molecule has 15 heavy (non-hydrogen) atoms. The highest BCUT2D eigenvalue weighted by Gasteiger charge is 2.15. The maximum Gasteiger partial charge on any atom is 0.327 e. The summed E-state index contributed by atoms with van der Waals surface area (Å²) >= 11 is 0. The van der Waals surface area contributed by atoms with Crippen molar-refractivity contribution in [3.05, 3.63) is 29.8 Å². The Morgan fingerprint density at radius 3 is 2.60 bits per heavy atom. The van der Waals surface area contributed by atoms with E-state index in [1.165, 1.54) is 6.07 Å². The van der Waals surface area contributed by atoms with E-state index in [4.69, 9.17) is 10.8 Å². The van der Waals surface area contributed by atoms with Crippen LogP contribution >= 0.6 is 0 Å². The summed E-state index contributed by atoms with van der Waals surface area (Å²) in [6.07, 6.45) is 0. The van der Waals surface area contributed by atoms with Crippen LogP contribution in [-0.2, 0) is 4.79 Å². The van der Waals surface area contributed by atoms with Gasteiger partial charge in [-0.05, 0) is 12.1 Å². The van der Waals surface area contributed by atoms with Crippen molar-refractivity contribution in [2.45, 2.75) is 6.04 Å². The summed E-state index contributed by atoms with van der Waals surface area (Å²) in [5.41, 5.74) is 5.35. The lowest BCUT2D eigenvalue weighted by Gasteiger charge is -2.13. The van der Waals surface area contributed by atoms with Crippen molar-refractivity contribution in [3.63, 3.8) is 0 Å². The molecule has 82 valence electrons. The minimum atomic E-state index is -1.15. The first kappa shape index (κ1) is 11.4. The maximum atomic E-state index is 12.7. The van der Waals surface area contributed by atoms with E-state index in [0.29, 0.717) is 0 Å². The van der Waals surface area contributed by atoms with Crippen molar-refractivity contribution in [2.24, 2.45) is 5.73 Å². The fourth-order valence-corrected chi connectivity index (χ4v) is 1.01. The van der Waals surface area contributed by atoms with E-state index in [0.717, 1.165) is 12.1 Å². The van der Waals surface area contributed by atoms with E-state index in [9.17, 15) is 13.6 Å². The van der Waals surface area contributed by atoms with Gasteiger partial charge in [0.1, 0.15) is 6.04 Å². The number of carbonyl (C=O) groups is 1. The molecular weight excluding hydrogens is 206 g/mol. The summed E-state index contributed by atoms with van der Waals surface area (Å²) in [5.74, 6) is -3.18. The van der Waals surface area contributed by atoms with Crippen LogP contribution in [0.3, 0.4) is 0 Å². The smallest absolute Gasteiger partial charge is 0.327 e. The van der Waals surface area contributed by atoms with Crippen LogP contribution in [0.25, 0.3) is 0 Å². The van der Waals surface area contributed by atoms with Crippen LogP contribution in [0.1, 0.15) is 0 Å². The number of nitrogens with two attached hydrogens (primary N) is 1. The number of aliphatic carboxylic acids is 1. The number of nitrogens with one attached hydrogen (secondary N) is 1. The topological polar surface area (TPSA) is 75.3 Å². The number of carboxylic acid groups (broad SMARTS) is 1. The summed E-state index contributed by atoms with van der Waals surface area (Å²) in [7, 11) is 0. The first-order chi connectivity index (χ1) is 7.04. The van der Waals surface area contributed by atoms with E-state index in [1.54, 1.807) is 0 Å². The normalized spacial score (nSPS) is 12.2. The molecule has 0 bridgehead atoms. The Labute approximate surface area is 84.7 Å². The lowest BCUT2D eigenvalue weighted by molar-refractivity contribution is -0.137. The Morgan fingerprint density at radius 2 is 2.13 bits per heavy atom. The first-order valence-electron chi connectivity index (χ1n) is 4.19. The minimum absolute atomic E-state index is 0.145. The van der Waals surface area contributed by atoms with Crippen LogP contribution in [0.15, 0.2) is 18.2 Å². The summed E-state index contributed by atoms with van der Waals surface area (Å²) in [6.45, 7) is -0.145. The number of rotatable bonds is 4. The van der Waals surface area contributed by atoms with Gasteiger partial charge in [-0.3, -0.25) is 0 Å². The summed E-state index contributed by atoms with van der Waals surface area (Å²) < 4.78 is 25.3. The molecule has 0 fully saturated rings. The van der Waals surface area contributed by atoms with E-state index in [1.807, 2.05) is 0 Å². The molecular formula is C9H10F2N2O2. The summed E-state index contributed by atoms with van der Waals surface area (Å²) in [6, 6.07) is 2.01. The van der Waals surface area contributed by atoms with Crippen LogP contribution in [0.4, 0.5) is 14.5 Å². The van der Waals surface area contributed by atoms with Gasteiger partial charge in [-0.15, -0.1) is 0 Å². The average Bonchev–Trinajstić information content (AvgIpc) is 2.19. The van der Waals surface area contributed by atoms with Crippen molar-refractivity contribution in [2.75, 3.05) is 11.9 Å². The molecule has 0 aliphatic carbocycles. The van der Waals surface area contributed by atoms with E-state index < -0.39 is 23.6 Å². The summed E-state index contributed by atoms with van der Waals surface area (Å²) in [4.78, 5) is 10.6. The van der Waals surface area contributed by atoms with Crippen molar-refractivity contribution in [1.29, 1.82) is 0 Å². The highest BCUT2D eigenvalue weighted by atomic mass is 19.2. The van der Waals surface area contributed by atoms with Crippen molar-refractivity contribution < 1.29 is 18.7 Å². The van der Waals surface area contributed by atoms with Crippen LogP contribution in [0.5, 0.6) is 0 Å².